The minimum Gasteiger partial charge on any atom is -0.495 e. The van der Waals surface area contributed by atoms with Crippen LogP contribution in [0.15, 0.2) is 23.1 Å². The Morgan fingerprint density at radius 3 is 2.38 bits per heavy atom. The Kier molecular flexibility index (Phi) is 5.35. The van der Waals surface area contributed by atoms with E-state index in [9.17, 15) is 16.8 Å². The molecule has 146 valence electrons. The van der Waals surface area contributed by atoms with Crippen molar-refractivity contribution in [1.29, 1.82) is 0 Å². The van der Waals surface area contributed by atoms with E-state index in [1.807, 2.05) is 18.9 Å². The Balaban J connectivity index is 2.00. The van der Waals surface area contributed by atoms with Crippen LogP contribution < -0.4 is 4.74 Å². The summed E-state index contributed by atoms with van der Waals surface area (Å²) in [5.41, 5.74) is 0.793. The van der Waals surface area contributed by atoms with E-state index in [-0.39, 0.29) is 22.2 Å². The Morgan fingerprint density at radius 2 is 1.77 bits per heavy atom. The average molecular weight is 403 g/mol. The van der Waals surface area contributed by atoms with Crippen molar-refractivity contribution in [1.82, 2.24) is 9.80 Å². The Hall–Kier alpha value is -1.16. The molecule has 2 fully saturated rings. The highest BCUT2D eigenvalue weighted by atomic mass is 32.2. The zero-order valence-electron chi connectivity index (χ0n) is 15.4. The van der Waals surface area contributed by atoms with Crippen LogP contribution in [0.25, 0.3) is 0 Å². The number of piperazine rings is 1. The third-order valence-electron chi connectivity index (χ3n) is 5.30. The van der Waals surface area contributed by atoms with Crippen molar-refractivity contribution >= 4 is 19.7 Å². The van der Waals surface area contributed by atoms with Gasteiger partial charge in [-0.05, 0) is 31.7 Å². The number of aryl methyl sites for hydroxylation is 1. The van der Waals surface area contributed by atoms with Gasteiger partial charge in [-0.3, -0.25) is 4.90 Å². The minimum atomic E-state index is -3.85. The molecule has 0 aliphatic carbocycles. The van der Waals surface area contributed by atoms with Crippen LogP contribution >= 0.6 is 0 Å². The maximum atomic E-state index is 13.4. The molecule has 26 heavy (non-hydrogen) atoms. The van der Waals surface area contributed by atoms with Gasteiger partial charge in [0.25, 0.3) is 0 Å². The van der Waals surface area contributed by atoms with Crippen LogP contribution in [0.2, 0.25) is 0 Å². The van der Waals surface area contributed by atoms with Crippen LogP contribution in [0.3, 0.4) is 0 Å². The van der Waals surface area contributed by atoms with E-state index < -0.39 is 31.0 Å². The number of likely N-dealkylation sites (N-methyl/N-ethyl adjacent to an activating group) is 1. The van der Waals surface area contributed by atoms with Gasteiger partial charge in [0, 0.05) is 32.2 Å². The van der Waals surface area contributed by atoms with E-state index in [1.165, 1.54) is 7.11 Å². The molecule has 1 aromatic carbocycles. The lowest BCUT2D eigenvalue weighted by Gasteiger charge is -2.38. The number of rotatable bonds is 4. The molecule has 0 bridgehead atoms. The average Bonchev–Trinajstić information content (AvgIpc) is 2.92. The van der Waals surface area contributed by atoms with Gasteiger partial charge < -0.3 is 9.64 Å². The third kappa shape index (κ3) is 3.76. The quantitative estimate of drug-likeness (QED) is 0.711. The highest BCUT2D eigenvalue weighted by Gasteiger charge is 2.49. The maximum Gasteiger partial charge on any atom is 0.187 e. The molecule has 2 atom stereocenters. The summed E-state index contributed by atoms with van der Waals surface area (Å²) in [7, 11) is -3.82. The number of hydrogen-bond acceptors (Lipinski definition) is 7. The molecular formula is C17H26N2O5S2. The van der Waals surface area contributed by atoms with Crippen LogP contribution in [0.5, 0.6) is 5.75 Å². The standard InChI is InChI=1S/C17H26N2O5S2/c1-13-4-5-15(24-3)16(10-13)26(22,23)17-12-25(20,21)11-14(17)19-8-6-18(2)7-9-19/h4-5,10,14,17H,6-9,11-12H2,1-3H3. The summed E-state index contributed by atoms with van der Waals surface area (Å²) in [6, 6.07) is 4.46. The Morgan fingerprint density at radius 1 is 1.12 bits per heavy atom. The molecule has 0 spiro atoms. The van der Waals surface area contributed by atoms with E-state index in [4.69, 9.17) is 4.74 Å². The van der Waals surface area contributed by atoms with Gasteiger partial charge in [0.1, 0.15) is 10.6 Å². The van der Waals surface area contributed by atoms with Gasteiger partial charge in [-0.1, -0.05) is 6.07 Å². The summed E-state index contributed by atoms with van der Waals surface area (Å²) < 4.78 is 56.7. The second-order valence-corrected chi connectivity index (χ2v) is 11.5. The van der Waals surface area contributed by atoms with Gasteiger partial charge in [-0.2, -0.15) is 0 Å². The van der Waals surface area contributed by atoms with Gasteiger partial charge in [-0.15, -0.1) is 0 Å². The summed E-state index contributed by atoms with van der Waals surface area (Å²) in [4.78, 5) is 4.27. The van der Waals surface area contributed by atoms with E-state index >= 15 is 0 Å². The highest BCUT2D eigenvalue weighted by molar-refractivity contribution is 7.96. The van der Waals surface area contributed by atoms with Crippen molar-refractivity contribution in [2.24, 2.45) is 0 Å². The van der Waals surface area contributed by atoms with Crippen LogP contribution in [0, 0.1) is 6.92 Å². The van der Waals surface area contributed by atoms with E-state index in [0.717, 1.165) is 18.7 Å². The fourth-order valence-corrected chi connectivity index (χ4v) is 8.83. The van der Waals surface area contributed by atoms with Crippen LogP contribution in [0.4, 0.5) is 0 Å². The predicted molar refractivity (Wildman–Crippen MR) is 100 cm³/mol. The van der Waals surface area contributed by atoms with E-state index in [2.05, 4.69) is 4.90 Å². The van der Waals surface area contributed by atoms with Crippen LogP contribution in [0.1, 0.15) is 5.56 Å². The van der Waals surface area contributed by atoms with Gasteiger partial charge in [-0.25, -0.2) is 16.8 Å². The number of benzene rings is 1. The molecule has 1 aromatic rings. The molecule has 0 radical (unpaired) electrons. The normalized spacial score (nSPS) is 27.5. The van der Waals surface area contributed by atoms with Gasteiger partial charge in [0.15, 0.2) is 19.7 Å². The summed E-state index contributed by atoms with van der Waals surface area (Å²) in [5, 5.41) is -0.966. The molecule has 2 saturated heterocycles. The van der Waals surface area contributed by atoms with Gasteiger partial charge in [0.2, 0.25) is 0 Å². The van der Waals surface area contributed by atoms with E-state index in [0.29, 0.717) is 13.1 Å². The SMILES string of the molecule is COc1ccc(C)cc1S(=O)(=O)C1CS(=O)(=O)CC1N1CCN(C)CC1. The van der Waals surface area contributed by atoms with Gasteiger partial charge >= 0.3 is 0 Å². The smallest absolute Gasteiger partial charge is 0.187 e. The first-order valence-corrected chi connectivity index (χ1v) is 12.0. The number of methoxy groups -OCH3 is 1. The number of hydrogen-bond donors (Lipinski definition) is 0. The minimum absolute atomic E-state index is 0.0845. The molecule has 9 heteroatoms. The molecule has 3 rings (SSSR count). The van der Waals surface area contributed by atoms with Gasteiger partial charge in [0.05, 0.1) is 23.9 Å². The molecule has 0 aromatic heterocycles. The topological polar surface area (TPSA) is 84.0 Å². The molecule has 2 aliphatic rings. The largest absolute Gasteiger partial charge is 0.495 e. The lowest BCUT2D eigenvalue weighted by Crippen LogP contribution is -2.54. The molecule has 2 unspecified atom stereocenters. The third-order valence-corrected chi connectivity index (χ3v) is 9.44. The highest BCUT2D eigenvalue weighted by Crippen LogP contribution is 2.34. The lowest BCUT2D eigenvalue weighted by atomic mass is 10.2. The fourth-order valence-electron chi connectivity index (χ4n) is 3.76. The van der Waals surface area contributed by atoms with Crippen molar-refractivity contribution in [2.45, 2.75) is 23.1 Å². The Labute approximate surface area is 155 Å². The fraction of sp³-hybridized carbons (Fsp3) is 0.647. The first-order chi connectivity index (χ1) is 12.1. The second-order valence-electron chi connectivity index (χ2n) is 7.22. The molecule has 0 saturated carbocycles. The number of ether oxygens (including phenoxy) is 1. The van der Waals surface area contributed by atoms with Crippen molar-refractivity contribution in [3.63, 3.8) is 0 Å². The summed E-state index contributed by atoms with van der Waals surface area (Å²) in [5.74, 6) is -0.171. The van der Waals surface area contributed by atoms with Crippen LogP contribution in [-0.2, 0) is 19.7 Å². The Bertz CT molecular complexity index is 874. The van der Waals surface area contributed by atoms with Crippen molar-refractivity contribution in [3.05, 3.63) is 23.8 Å². The first kappa shape index (κ1) is 19.6. The summed E-state index contributed by atoms with van der Waals surface area (Å²) in [6.07, 6.45) is 0. The number of nitrogens with zero attached hydrogens (tertiary/aromatic N) is 2. The van der Waals surface area contributed by atoms with Crippen molar-refractivity contribution in [2.75, 3.05) is 51.8 Å². The molecule has 0 N–H and O–H groups in total. The van der Waals surface area contributed by atoms with Crippen molar-refractivity contribution in [3.8, 4) is 5.75 Å². The van der Waals surface area contributed by atoms with E-state index in [1.54, 1.807) is 18.2 Å². The molecule has 7 nitrogen and oxygen atoms in total. The molecular weight excluding hydrogens is 376 g/mol. The zero-order chi connectivity index (χ0) is 19.1. The lowest BCUT2D eigenvalue weighted by molar-refractivity contribution is 0.122. The first-order valence-electron chi connectivity index (χ1n) is 8.65. The molecule has 0 amide bonds. The molecule has 2 aliphatic heterocycles. The monoisotopic (exact) mass is 402 g/mol. The molecule has 2 heterocycles. The second kappa shape index (κ2) is 7.10. The summed E-state index contributed by atoms with van der Waals surface area (Å²) in [6.45, 7) is 4.76. The number of sulfone groups is 2. The van der Waals surface area contributed by atoms with Crippen LogP contribution in [-0.4, -0.2) is 89.8 Å². The zero-order valence-corrected chi connectivity index (χ0v) is 17.0. The van der Waals surface area contributed by atoms with Crippen molar-refractivity contribution < 1.29 is 21.6 Å². The summed E-state index contributed by atoms with van der Waals surface area (Å²) >= 11 is 0. The predicted octanol–water partition coefficient (Wildman–Crippen LogP) is 0.190. The maximum absolute atomic E-state index is 13.4.